The van der Waals surface area contributed by atoms with Crippen LogP contribution >= 0.6 is 0 Å². The van der Waals surface area contributed by atoms with Gasteiger partial charge in [0.25, 0.3) is 0 Å². The lowest BCUT2D eigenvalue weighted by atomic mass is 10.1. The fourth-order valence-electron chi connectivity index (χ4n) is 3.81. The van der Waals surface area contributed by atoms with Crippen molar-refractivity contribution in [3.63, 3.8) is 0 Å². The SMILES string of the molecule is Cc1ccccc1Cn1c(CCCNC(=O)C2CCCO2)nc2ccccc21. The second-order valence-corrected chi connectivity index (χ2v) is 7.43. The summed E-state index contributed by atoms with van der Waals surface area (Å²) in [4.78, 5) is 16.9. The second kappa shape index (κ2) is 8.57. The molecule has 0 aliphatic carbocycles. The molecule has 5 nitrogen and oxygen atoms in total. The Hall–Kier alpha value is -2.66. The summed E-state index contributed by atoms with van der Waals surface area (Å²) in [6.45, 7) is 4.30. The van der Waals surface area contributed by atoms with E-state index >= 15 is 0 Å². The van der Waals surface area contributed by atoms with Crippen molar-refractivity contribution in [3.8, 4) is 0 Å². The molecule has 2 heterocycles. The number of aryl methyl sites for hydroxylation is 2. The molecule has 28 heavy (non-hydrogen) atoms. The molecule has 5 heteroatoms. The van der Waals surface area contributed by atoms with E-state index in [-0.39, 0.29) is 12.0 Å². The van der Waals surface area contributed by atoms with Crippen LogP contribution in [-0.2, 0) is 22.5 Å². The Morgan fingerprint density at radius 1 is 1.21 bits per heavy atom. The van der Waals surface area contributed by atoms with E-state index in [2.05, 4.69) is 59.3 Å². The monoisotopic (exact) mass is 377 g/mol. The molecule has 1 aromatic heterocycles. The van der Waals surface area contributed by atoms with Crippen molar-refractivity contribution in [1.29, 1.82) is 0 Å². The van der Waals surface area contributed by atoms with Crippen LogP contribution in [0.2, 0.25) is 0 Å². The predicted molar refractivity (Wildman–Crippen MR) is 110 cm³/mol. The number of carbonyl (C=O) groups excluding carboxylic acids is 1. The van der Waals surface area contributed by atoms with Crippen molar-refractivity contribution in [2.45, 2.75) is 45.3 Å². The molecule has 1 aliphatic heterocycles. The van der Waals surface area contributed by atoms with Gasteiger partial charge in [0.15, 0.2) is 0 Å². The van der Waals surface area contributed by atoms with Crippen LogP contribution in [0, 0.1) is 6.92 Å². The average molecular weight is 377 g/mol. The van der Waals surface area contributed by atoms with Crippen LogP contribution in [0.4, 0.5) is 0 Å². The highest BCUT2D eigenvalue weighted by atomic mass is 16.5. The van der Waals surface area contributed by atoms with Gasteiger partial charge in [0, 0.05) is 26.1 Å². The zero-order valence-electron chi connectivity index (χ0n) is 16.4. The van der Waals surface area contributed by atoms with Crippen molar-refractivity contribution < 1.29 is 9.53 Å². The van der Waals surface area contributed by atoms with Gasteiger partial charge in [-0.15, -0.1) is 0 Å². The minimum absolute atomic E-state index is 0.0194. The van der Waals surface area contributed by atoms with Crippen molar-refractivity contribution in [2.24, 2.45) is 0 Å². The maximum absolute atomic E-state index is 12.1. The quantitative estimate of drug-likeness (QED) is 0.640. The van der Waals surface area contributed by atoms with Gasteiger partial charge in [-0.2, -0.15) is 0 Å². The number of amides is 1. The molecule has 1 amide bonds. The number of fused-ring (bicyclic) bond motifs is 1. The number of hydrogen-bond acceptors (Lipinski definition) is 3. The van der Waals surface area contributed by atoms with Crippen molar-refractivity contribution in [3.05, 3.63) is 65.5 Å². The molecule has 0 saturated carbocycles. The van der Waals surface area contributed by atoms with E-state index < -0.39 is 0 Å². The van der Waals surface area contributed by atoms with E-state index in [0.29, 0.717) is 13.2 Å². The molecule has 1 aliphatic rings. The molecular formula is C23H27N3O2. The molecule has 1 unspecified atom stereocenters. The van der Waals surface area contributed by atoms with Crippen molar-refractivity contribution in [2.75, 3.05) is 13.2 Å². The van der Waals surface area contributed by atoms with Gasteiger partial charge < -0.3 is 14.6 Å². The van der Waals surface area contributed by atoms with E-state index in [9.17, 15) is 4.79 Å². The highest BCUT2D eigenvalue weighted by Crippen LogP contribution is 2.20. The number of ether oxygens (including phenoxy) is 1. The lowest BCUT2D eigenvalue weighted by Crippen LogP contribution is -2.34. The lowest BCUT2D eigenvalue weighted by molar-refractivity contribution is -0.130. The Labute approximate surface area is 165 Å². The Morgan fingerprint density at radius 3 is 2.86 bits per heavy atom. The Balaban J connectivity index is 1.45. The third-order valence-electron chi connectivity index (χ3n) is 5.42. The summed E-state index contributed by atoms with van der Waals surface area (Å²) in [6.07, 6.45) is 3.23. The van der Waals surface area contributed by atoms with Crippen molar-refractivity contribution >= 4 is 16.9 Å². The molecule has 1 N–H and O–H groups in total. The first-order valence-electron chi connectivity index (χ1n) is 10.1. The van der Waals surface area contributed by atoms with Gasteiger partial charge in [-0.1, -0.05) is 36.4 Å². The number of rotatable bonds is 7. The molecule has 0 spiro atoms. The van der Waals surface area contributed by atoms with Gasteiger partial charge in [0.2, 0.25) is 5.91 Å². The van der Waals surface area contributed by atoms with Crippen LogP contribution in [0.5, 0.6) is 0 Å². The summed E-state index contributed by atoms with van der Waals surface area (Å²) in [5, 5.41) is 3.01. The summed E-state index contributed by atoms with van der Waals surface area (Å²) >= 11 is 0. The molecular weight excluding hydrogens is 350 g/mol. The van der Waals surface area contributed by atoms with E-state index in [1.165, 1.54) is 11.1 Å². The van der Waals surface area contributed by atoms with Crippen LogP contribution in [0.1, 0.15) is 36.2 Å². The number of carbonyl (C=O) groups is 1. The van der Waals surface area contributed by atoms with Crippen LogP contribution in [0.3, 0.4) is 0 Å². The third-order valence-corrected chi connectivity index (χ3v) is 5.42. The number of benzene rings is 2. The fraction of sp³-hybridized carbons (Fsp3) is 0.391. The molecule has 3 aromatic rings. The van der Waals surface area contributed by atoms with Gasteiger partial charge in [0.05, 0.1) is 11.0 Å². The molecule has 4 rings (SSSR count). The Kier molecular flexibility index (Phi) is 5.72. The largest absolute Gasteiger partial charge is 0.368 e. The number of hydrogen-bond donors (Lipinski definition) is 1. The summed E-state index contributed by atoms with van der Waals surface area (Å²) in [7, 11) is 0. The molecule has 0 radical (unpaired) electrons. The molecule has 1 fully saturated rings. The molecule has 146 valence electrons. The second-order valence-electron chi connectivity index (χ2n) is 7.43. The highest BCUT2D eigenvalue weighted by molar-refractivity contribution is 5.80. The summed E-state index contributed by atoms with van der Waals surface area (Å²) in [6, 6.07) is 16.8. The van der Waals surface area contributed by atoms with Crippen molar-refractivity contribution in [1.82, 2.24) is 14.9 Å². The minimum Gasteiger partial charge on any atom is -0.368 e. The third kappa shape index (κ3) is 4.09. The topological polar surface area (TPSA) is 56.2 Å². The zero-order chi connectivity index (χ0) is 19.3. The number of nitrogens with zero attached hydrogens (tertiary/aromatic N) is 2. The maximum Gasteiger partial charge on any atom is 0.249 e. The summed E-state index contributed by atoms with van der Waals surface area (Å²) in [5.74, 6) is 1.08. The first-order valence-corrected chi connectivity index (χ1v) is 10.1. The van der Waals surface area contributed by atoms with Gasteiger partial charge in [-0.25, -0.2) is 4.98 Å². The number of para-hydroxylation sites is 2. The first kappa shape index (κ1) is 18.7. The van der Waals surface area contributed by atoms with Gasteiger partial charge in [0.1, 0.15) is 11.9 Å². The van der Waals surface area contributed by atoms with Crippen LogP contribution in [0.25, 0.3) is 11.0 Å². The maximum atomic E-state index is 12.1. The standard InChI is InChI=1S/C23H27N3O2/c1-17-8-2-3-9-18(17)16-26-20-11-5-4-10-19(20)25-22(26)13-6-14-24-23(27)21-12-7-15-28-21/h2-5,8-11,21H,6-7,12-16H2,1H3,(H,24,27). The molecule has 1 saturated heterocycles. The number of imidazole rings is 1. The Morgan fingerprint density at radius 2 is 2.04 bits per heavy atom. The van der Waals surface area contributed by atoms with Gasteiger partial charge >= 0.3 is 0 Å². The van der Waals surface area contributed by atoms with E-state index in [4.69, 9.17) is 9.72 Å². The Bertz CT molecular complexity index is 957. The lowest BCUT2D eigenvalue weighted by Gasteiger charge is -2.12. The van der Waals surface area contributed by atoms with Crippen LogP contribution in [-0.4, -0.2) is 34.7 Å². The minimum atomic E-state index is -0.259. The fourth-order valence-corrected chi connectivity index (χ4v) is 3.81. The summed E-state index contributed by atoms with van der Waals surface area (Å²) in [5.41, 5.74) is 4.77. The normalized spacial score (nSPS) is 16.5. The van der Waals surface area contributed by atoms with Crippen LogP contribution < -0.4 is 5.32 Å². The van der Waals surface area contributed by atoms with Gasteiger partial charge in [-0.3, -0.25) is 4.79 Å². The average Bonchev–Trinajstić information content (AvgIpc) is 3.36. The number of nitrogens with one attached hydrogen (secondary N) is 1. The first-order chi connectivity index (χ1) is 13.7. The predicted octanol–water partition coefficient (Wildman–Crippen LogP) is 3.62. The van der Waals surface area contributed by atoms with Crippen LogP contribution in [0.15, 0.2) is 48.5 Å². The van der Waals surface area contributed by atoms with E-state index in [0.717, 1.165) is 49.1 Å². The molecule has 1 atom stereocenters. The zero-order valence-corrected chi connectivity index (χ0v) is 16.4. The highest BCUT2D eigenvalue weighted by Gasteiger charge is 2.22. The molecule has 0 bridgehead atoms. The number of aromatic nitrogens is 2. The molecule has 2 aromatic carbocycles. The smallest absolute Gasteiger partial charge is 0.249 e. The van der Waals surface area contributed by atoms with E-state index in [1.807, 2.05) is 6.07 Å². The summed E-state index contributed by atoms with van der Waals surface area (Å²) < 4.78 is 7.74. The van der Waals surface area contributed by atoms with Gasteiger partial charge in [-0.05, 0) is 49.4 Å². The van der Waals surface area contributed by atoms with E-state index in [1.54, 1.807) is 0 Å².